The highest BCUT2D eigenvalue weighted by Crippen LogP contribution is 2.18. The number of piperidine rings is 1. The van der Waals surface area contributed by atoms with Gasteiger partial charge in [-0.1, -0.05) is 12.1 Å². The molecule has 1 aliphatic rings. The third-order valence-electron chi connectivity index (χ3n) is 3.78. The first-order chi connectivity index (χ1) is 10.0. The summed E-state index contributed by atoms with van der Waals surface area (Å²) in [5, 5.41) is 9.06. The van der Waals surface area contributed by atoms with Gasteiger partial charge in [-0.2, -0.15) is 12.7 Å². The lowest BCUT2D eigenvalue weighted by atomic mass is 10.00. The lowest BCUT2D eigenvalue weighted by molar-refractivity contribution is 0.169. The molecule has 1 aliphatic heterocycles. The summed E-state index contributed by atoms with van der Waals surface area (Å²) in [7, 11) is -3.47. The summed E-state index contributed by atoms with van der Waals surface area (Å²) in [6.07, 6.45) is 1.90. The molecular formula is C14H21FN2O3S. The molecule has 0 aliphatic carbocycles. The Hall–Kier alpha value is -1.02. The molecule has 5 nitrogen and oxygen atoms in total. The molecule has 0 radical (unpaired) electrons. The zero-order valence-electron chi connectivity index (χ0n) is 11.8. The van der Waals surface area contributed by atoms with Crippen LogP contribution in [0.3, 0.4) is 0 Å². The maximum atomic E-state index is 12.8. The molecule has 1 fully saturated rings. The number of benzene rings is 1. The molecule has 2 rings (SSSR count). The highest BCUT2D eigenvalue weighted by Gasteiger charge is 2.27. The highest BCUT2D eigenvalue weighted by molar-refractivity contribution is 7.87. The molecule has 0 amide bonds. The average molecular weight is 316 g/mol. The first-order valence-electron chi connectivity index (χ1n) is 7.11. The average Bonchev–Trinajstić information content (AvgIpc) is 2.49. The van der Waals surface area contributed by atoms with Crippen LogP contribution >= 0.6 is 0 Å². The van der Waals surface area contributed by atoms with E-state index >= 15 is 0 Å². The lowest BCUT2D eigenvalue weighted by Gasteiger charge is -2.30. The Morgan fingerprint density at radius 2 is 1.86 bits per heavy atom. The monoisotopic (exact) mass is 316 g/mol. The molecule has 0 bridgehead atoms. The third-order valence-corrected chi connectivity index (χ3v) is 5.40. The summed E-state index contributed by atoms with van der Waals surface area (Å²) in [5.41, 5.74) is 0.887. The van der Waals surface area contributed by atoms with Gasteiger partial charge in [0, 0.05) is 26.2 Å². The molecule has 0 saturated carbocycles. The third kappa shape index (κ3) is 4.74. The van der Waals surface area contributed by atoms with Gasteiger partial charge < -0.3 is 5.11 Å². The number of hydrogen-bond acceptors (Lipinski definition) is 3. The minimum atomic E-state index is -3.47. The van der Waals surface area contributed by atoms with Crippen LogP contribution in [0.5, 0.6) is 0 Å². The molecule has 2 N–H and O–H groups in total. The van der Waals surface area contributed by atoms with Crippen LogP contribution in [0.2, 0.25) is 0 Å². The fraction of sp³-hybridized carbons (Fsp3) is 0.571. The maximum absolute atomic E-state index is 12.8. The number of nitrogens with zero attached hydrogens (tertiary/aromatic N) is 1. The number of halogens is 1. The van der Waals surface area contributed by atoms with Crippen molar-refractivity contribution in [2.24, 2.45) is 5.92 Å². The number of nitrogens with one attached hydrogen (secondary N) is 1. The first kappa shape index (κ1) is 16.4. The maximum Gasteiger partial charge on any atom is 0.279 e. The van der Waals surface area contributed by atoms with Crippen LogP contribution in [0, 0.1) is 11.7 Å². The molecule has 0 aromatic heterocycles. The summed E-state index contributed by atoms with van der Waals surface area (Å²) < 4.78 is 41.0. The standard InChI is InChI=1S/C14H21FN2O3S/c15-14-3-1-12(2-4-14)5-8-16-21(19,20)17-9-6-13(11-18)7-10-17/h1-4,13,16,18H,5-11H2. The lowest BCUT2D eigenvalue weighted by Crippen LogP contribution is -2.45. The van der Waals surface area contributed by atoms with E-state index in [0.29, 0.717) is 32.4 Å². The van der Waals surface area contributed by atoms with Crippen molar-refractivity contribution >= 4 is 10.2 Å². The Morgan fingerprint density at radius 1 is 1.24 bits per heavy atom. The van der Waals surface area contributed by atoms with Crippen LogP contribution in [0.1, 0.15) is 18.4 Å². The highest BCUT2D eigenvalue weighted by atomic mass is 32.2. The molecule has 0 spiro atoms. The second-order valence-corrected chi connectivity index (χ2v) is 7.06. The normalized spacial score (nSPS) is 18.0. The van der Waals surface area contributed by atoms with E-state index in [9.17, 15) is 12.8 Å². The summed E-state index contributed by atoms with van der Waals surface area (Å²) >= 11 is 0. The fourth-order valence-corrected chi connectivity index (χ4v) is 3.63. The zero-order valence-corrected chi connectivity index (χ0v) is 12.7. The predicted octanol–water partition coefficient (Wildman–Crippen LogP) is 0.907. The van der Waals surface area contributed by atoms with Crippen LogP contribution in [-0.4, -0.2) is 44.1 Å². The Kier molecular flexibility index (Phi) is 5.69. The van der Waals surface area contributed by atoms with Crippen LogP contribution < -0.4 is 4.72 Å². The van der Waals surface area contributed by atoms with Gasteiger partial charge in [-0.15, -0.1) is 0 Å². The van der Waals surface area contributed by atoms with Crippen LogP contribution in [-0.2, 0) is 16.6 Å². The molecule has 21 heavy (non-hydrogen) atoms. The Balaban J connectivity index is 1.80. The van der Waals surface area contributed by atoms with Crippen molar-refractivity contribution in [3.63, 3.8) is 0 Å². The van der Waals surface area contributed by atoms with Gasteiger partial charge in [0.15, 0.2) is 0 Å². The summed E-state index contributed by atoms with van der Waals surface area (Å²) in [5.74, 6) is -0.0956. The van der Waals surface area contributed by atoms with Gasteiger partial charge in [0.1, 0.15) is 5.82 Å². The van der Waals surface area contributed by atoms with Gasteiger partial charge >= 0.3 is 0 Å². The summed E-state index contributed by atoms with van der Waals surface area (Å²) in [6.45, 7) is 1.29. The minimum absolute atomic E-state index is 0.117. The minimum Gasteiger partial charge on any atom is -0.396 e. The molecule has 1 aromatic carbocycles. The molecule has 0 unspecified atom stereocenters. The summed E-state index contributed by atoms with van der Waals surface area (Å²) in [6, 6.07) is 6.03. The smallest absolute Gasteiger partial charge is 0.279 e. The van der Waals surface area contributed by atoms with E-state index in [-0.39, 0.29) is 24.9 Å². The Morgan fingerprint density at radius 3 is 2.43 bits per heavy atom. The van der Waals surface area contributed by atoms with Gasteiger partial charge in [0.25, 0.3) is 10.2 Å². The van der Waals surface area contributed by atoms with Crippen molar-refractivity contribution in [1.29, 1.82) is 0 Å². The number of hydrogen-bond donors (Lipinski definition) is 2. The van der Waals surface area contributed by atoms with Crippen molar-refractivity contribution in [3.05, 3.63) is 35.6 Å². The van der Waals surface area contributed by atoms with E-state index in [4.69, 9.17) is 5.11 Å². The van der Waals surface area contributed by atoms with E-state index in [0.717, 1.165) is 5.56 Å². The van der Waals surface area contributed by atoms with E-state index in [2.05, 4.69) is 4.72 Å². The van der Waals surface area contributed by atoms with Crippen molar-refractivity contribution in [3.8, 4) is 0 Å². The molecule has 1 heterocycles. The van der Waals surface area contributed by atoms with Crippen molar-refractivity contribution in [2.45, 2.75) is 19.3 Å². The number of aliphatic hydroxyl groups excluding tert-OH is 1. The van der Waals surface area contributed by atoms with E-state index in [1.54, 1.807) is 12.1 Å². The number of rotatable bonds is 6. The quantitative estimate of drug-likeness (QED) is 0.819. The second kappa shape index (κ2) is 7.31. The van der Waals surface area contributed by atoms with Gasteiger partial charge in [-0.05, 0) is 42.9 Å². The van der Waals surface area contributed by atoms with Crippen molar-refractivity contribution in [2.75, 3.05) is 26.2 Å². The van der Waals surface area contributed by atoms with E-state index in [1.807, 2.05) is 0 Å². The molecule has 1 saturated heterocycles. The predicted molar refractivity (Wildman–Crippen MR) is 78.4 cm³/mol. The Bertz CT molecular complexity index is 540. The number of aliphatic hydroxyl groups is 1. The topological polar surface area (TPSA) is 69.6 Å². The van der Waals surface area contributed by atoms with E-state index in [1.165, 1.54) is 16.4 Å². The first-order valence-corrected chi connectivity index (χ1v) is 8.55. The van der Waals surface area contributed by atoms with Gasteiger partial charge in [-0.25, -0.2) is 9.11 Å². The van der Waals surface area contributed by atoms with E-state index < -0.39 is 10.2 Å². The van der Waals surface area contributed by atoms with Crippen LogP contribution in [0.25, 0.3) is 0 Å². The van der Waals surface area contributed by atoms with Crippen molar-refractivity contribution in [1.82, 2.24) is 9.03 Å². The van der Waals surface area contributed by atoms with Crippen molar-refractivity contribution < 1.29 is 17.9 Å². The Labute approximate surface area is 125 Å². The molecular weight excluding hydrogens is 295 g/mol. The SMILES string of the molecule is O=S(=O)(NCCc1ccc(F)cc1)N1CCC(CO)CC1. The molecule has 7 heteroatoms. The second-order valence-electron chi connectivity index (χ2n) is 5.30. The van der Waals surface area contributed by atoms with Crippen LogP contribution in [0.15, 0.2) is 24.3 Å². The van der Waals surface area contributed by atoms with Gasteiger partial charge in [-0.3, -0.25) is 0 Å². The molecule has 0 atom stereocenters. The fourth-order valence-electron chi connectivity index (χ4n) is 2.40. The zero-order chi connectivity index (χ0) is 15.3. The molecule has 118 valence electrons. The van der Waals surface area contributed by atoms with Gasteiger partial charge in [0.2, 0.25) is 0 Å². The largest absolute Gasteiger partial charge is 0.396 e. The van der Waals surface area contributed by atoms with Crippen LogP contribution in [0.4, 0.5) is 4.39 Å². The summed E-state index contributed by atoms with van der Waals surface area (Å²) in [4.78, 5) is 0. The van der Waals surface area contributed by atoms with Gasteiger partial charge in [0.05, 0.1) is 0 Å². The molecule has 1 aromatic rings.